The van der Waals surface area contributed by atoms with Gasteiger partial charge >= 0.3 is 5.97 Å². The van der Waals surface area contributed by atoms with Gasteiger partial charge in [-0.3, -0.25) is 0 Å². The number of esters is 1. The maximum Gasteiger partial charge on any atom is 0.332 e. The van der Waals surface area contributed by atoms with Crippen LogP contribution in [0.4, 0.5) is 0 Å². The fourth-order valence-corrected chi connectivity index (χ4v) is 1.18. The zero-order valence-corrected chi connectivity index (χ0v) is 15.4. The van der Waals surface area contributed by atoms with Crippen molar-refractivity contribution in [2.24, 2.45) is 0 Å². The number of rotatable bonds is 6. The smallest absolute Gasteiger partial charge is 0.332 e. The lowest BCUT2D eigenvalue weighted by Crippen LogP contribution is -2.48. The highest BCUT2D eigenvalue weighted by atomic mass is 16.6. The predicted molar refractivity (Wildman–Crippen MR) is 91.1 cm³/mol. The van der Waals surface area contributed by atoms with E-state index in [0.29, 0.717) is 19.3 Å². The molecular formula is C17H35NO4. The number of hydrogen-bond acceptors (Lipinski definition) is 5. The minimum Gasteiger partial charge on any atom is -0.458 e. The number of ether oxygens (including phenoxy) is 3. The van der Waals surface area contributed by atoms with Crippen LogP contribution in [0.3, 0.4) is 0 Å². The number of allylic oxidation sites excluding steroid dienone is 2. The van der Waals surface area contributed by atoms with Gasteiger partial charge in [0, 0.05) is 13.1 Å². The minimum atomic E-state index is -0.450. The van der Waals surface area contributed by atoms with Gasteiger partial charge in [-0.15, -0.1) is 0 Å². The van der Waals surface area contributed by atoms with E-state index >= 15 is 0 Å². The highest BCUT2D eigenvalue weighted by molar-refractivity contribution is 5.71. The van der Waals surface area contributed by atoms with Gasteiger partial charge in [0.15, 0.2) is 0 Å². The van der Waals surface area contributed by atoms with Crippen molar-refractivity contribution in [3.8, 4) is 0 Å². The molecule has 1 aliphatic rings. The van der Waals surface area contributed by atoms with Crippen LogP contribution in [-0.4, -0.2) is 50.6 Å². The van der Waals surface area contributed by atoms with Crippen molar-refractivity contribution < 1.29 is 19.0 Å². The summed E-state index contributed by atoms with van der Waals surface area (Å²) in [4.78, 5) is 11.2. The molecule has 1 rings (SSSR count). The molecule has 1 heterocycles. The van der Waals surface area contributed by atoms with Crippen LogP contribution < -0.4 is 5.32 Å². The summed E-state index contributed by atoms with van der Waals surface area (Å²) in [5.74, 6) is -0.335. The van der Waals surface area contributed by atoms with Crippen LogP contribution in [0.2, 0.25) is 0 Å². The average Bonchev–Trinajstić information content (AvgIpc) is 2.41. The topological polar surface area (TPSA) is 56.8 Å². The van der Waals surface area contributed by atoms with Crippen LogP contribution >= 0.6 is 0 Å². The fraction of sp³-hybridized carbons (Fsp3) is 0.824. The van der Waals surface area contributed by atoms with Gasteiger partial charge < -0.3 is 19.5 Å². The Hall–Kier alpha value is -0.910. The van der Waals surface area contributed by atoms with E-state index in [0.717, 1.165) is 13.1 Å². The Morgan fingerprint density at radius 1 is 1.14 bits per heavy atom. The Balaban J connectivity index is 0. The SMILES string of the molecule is CC.CC(C)(C)OC(=O)COCCOC1CNC1.CC=CC. The van der Waals surface area contributed by atoms with Crippen LogP contribution in [0.25, 0.3) is 0 Å². The molecular weight excluding hydrogens is 282 g/mol. The predicted octanol–water partition coefficient (Wildman–Crippen LogP) is 2.94. The fourth-order valence-electron chi connectivity index (χ4n) is 1.18. The molecule has 0 aromatic carbocycles. The summed E-state index contributed by atoms with van der Waals surface area (Å²) in [6, 6.07) is 0. The van der Waals surface area contributed by atoms with Crippen molar-refractivity contribution in [3.05, 3.63) is 12.2 Å². The van der Waals surface area contributed by atoms with E-state index in [1.807, 2.05) is 60.6 Å². The van der Waals surface area contributed by atoms with Gasteiger partial charge in [-0.1, -0.05) is 26.0 Å². The van der Waals surface area contributed by atoms with Crippen molar-refractivity contribution in [2.75, 3.05) is 32.9 Å². The Kier molecular flexibility index (Phi) is 15.9. The number of hydrogen-bond donors (Lipinski definition) is 1. The van der Waals surface area contributed by atoms with Crippen molar-refractivity contribution in [1.82, 2.24) is 5.32 Å². The molecule has 0 spiro atoms. The molecule has 1 N–H and O–H groups in total. The van der Waals surface area contributed by atoms with Gasteiger partial charge in [0.25, 0.3) is 0 Å². The summed E-state index contributed by atoms with van der Waals surface area (Å²) in [7, 11) is 0. The zero-order valence-electron chi connectivity index (χ0n) is 15.4. The third kappa shape index (κ3) is 17.1. The van der Waals surface area contributed by atoms with E-state index in [2.05, 4.69) is 5.32 Å². The van der Waals surface area contributed by atoms with Gasteiger partial charge in [-0.2, -0.15) is 0 Å². The van der Waals surface area contributed by atoms with Crippen LogP contribution in [-0.2, 0) is 19.0 Å². The van der Waals surface area contributed by atoms with E-state index in [1.54, 1.807) is 0 Å². The van der Waals surface area contributed by atoms with Crippen molar-refractivity contribution in [3.63, 3.8) is 0 Å². The summed E-state index contributed by atoms with van der Waals surface area (Å²) in [6.07, 6.45) is 4.31. The molecule has 1 aliphatic heterocycles. The third-order valence-corrected chi connectivity index (χ3v) is 2.30. The highest BCUT2D eigenvalue weighted by Gasteiger charge is 2.17. The molecule has 1 fully saturated rings. The van der Waals surface area contributed by atoms with Crippen molar-refractivity contribution in [2.45, 2.75) is 60.2 Å². The second kappa shape index (κ2) is 15.0. The molecule has 0 unspecified atom stereocenters. The Morgan fingerprint density at radius 2 is 1.68 bits per heavy atom. The quantitative estimate of drug-likeness (QED) is 0.464. The molecule has 0 aliphatic carbocycles. The molecule has 0 saturated carbocycles. The van der Waals surface area contributed by atoms with E-state index < -0.39 is 5.60 Å². The lowest BCUT2D eigenvalue weighted by atomic mass is 10.2. The minimum absolute atomic E-state index is 0.0104. The normalized spacial score (nSPS) is 14.3. The first-order chi connectivity index (χ1) is 10.4. The maximum atomic E-state index is 11.2. The molecule has 22 heavy (non-hydrogen) atoms. The van der Waals surface area contributed by atoms with Crippen LogP contribution in [0, 0.1) is 0 Å². The van der Waals surface area contributed by atoms with E-state index in [-0.39, 0.29) is 12.6 Å². The first-order valence-corrected chi connectivity index (χ1v) is 8.08. The lowest BCUT2D eigenvalue weighted by Gasteiger charge is -2.27. The molecule has 0 amide bonds. The van der Waals surface area contributed by atoms with Crippen molar-refractivity contribution in [1.29, 1.82) is 0 Å². The monoisotopic (exact) mass is 317 g/mol. The molecule has 132 valence electrons. The molecule has 0 aromatic heterocycles. The van der Waals surface area contributed by atoms with Gasteiger partial charge in [0.1, 0.15) is 12.2 Å². The molecule has 0 radical (unpaired) electrons. The third-order valence-electron chi connectivity index (χ3n) is 2.30. The summed E-state index contributed by atoms with van der Waals surface area (Å²) >= 11 is 0. The van der Waals surface area contributed by atoms with Crippen LogP contribution in [0.15, 0.2) is 12.2 Å². The van der Waals surface area contributed by atoms with Crippen LogP contribution in [0.5, 0.6) is 0 Å². The van der Waals surface area contributed by atoms with Gasteiger partial charge in [0.05, 0.1) is 19.3 Å². The van der Waals surface area contributed by atoms with E-state index in [4.69, 9.17) is 14.2 Å². The number of carbonyl (C=O) groups excluding carboxylic acids is 1. The summed E-state index contributed by atoms with van der Waals surface area (Å²) in [5, 5.41) is 3.11. The molecule has 5 heteroatoms. The Morgan fingerprint density at radius 3 is 2.05 bits per heavy atom. The van der Waals surface area contributed by atoms with Gasteiger partial charge in [0.2, 0.25) is 0 Å². The Bertz CT molecular complexity index is 277. The highest BCUT2D eigenvalue weighted by Crippen LogP contribution is 2.06. The van der Waals surface area contributed by atoms with Crippen molar-refractivity contribution >= 4 is 5.97 Å². The molecule has 0 atom stereocenters. The first-order valence-electron chi connectivity index (χ1n) is 8.08. The maximum absolute atomic E-state index is 11.2. The first kappa shape index (κ1) is 23.4. The van der Waals surface area contributed by atoms with Crippen LogP contribution in [0.1, 0.15) is 48.5 Å². The van der Waals surface area contributed by atoms with E-state index in [9.17, 15) is 4.79 Å². The zero-order chi connectivity index (χ0) is 17.4. The standard InChI is InChI=1S/C11H21NO4.C4H8.C2H6/c1-11(2,3)16-10(13)8-14-4-5-15-9-6-12-7-9;1-3-4-2;1-2/h9,12H,4-8H2,1-3H3;3-4H,1-2H3;1-2H3. The molecule has 0 bridgehead atoms. The summed E-state index contributed by atoms with van der Waals surface area (Å²) in [6.45, 7) is 16.2. The average molecular weight is 317 g/mol. The summed E-state index contributed by atoms with van der Waals surface area (Å²) < 4.78 is 15.6. The molecule has 0 aromatic rings. The van der Waals surface area contributed by atoms with E-state index in [1.165, 1.54) is 0 Å². The van der Waals surface area contributed by atoms with Gasteiger partial charge in [-0.25, -0.2) is 4.79 Å². The summed E-state index contributed by atoms with van der Waals surface area (Å²) in [5.41, 5.74) is -0.450. The second-order valence-corrected chi connectivity index (χ2v) is 5.46. The number of carbonyl (C=O) groups is 1. The number of nitrogens with one attached hydrogen (secondary N) is 1. The van der Waals surface area contributed by atoms with Gasteiger partial charge in [-0.05, 0) is 34.6 Å². The molecule has 1 saturated heterocycles. The largest absolute Gasteiger partial charge is 0.458 e. The lowest BCUT2D eigenvalue weighted by molar-refractivity contribution is -0.160. The Labute approximate surface area is 136 Å². The molecule has 5 nitrogen and oxygen atoms in total. The second-order valence-electron chi connectivity index (χ2n) is 5.46.